The van der Waals surface area contributed by atoms with E-state index in [4.69, 9.17) is 16.1 Å². The molecule has 2 heterocycles. The first kappa shape index (κ1) is 19.6. The topological polar surface area (TPSA) is 75.4 Å². The number of aromatic nitrogens is 1. The number of thiophene rings is 1. The van der Waals surface area contributed by atoms with Crippen molar-refractivity contribution >= 4 is 28.8 Å². The Kier molecular flexibility index (Phi) is 6.66. The number of benzene rings is 1. The minimum absolute atomic E-state index is 0.121. The number of amides is 1. The molecule has 0 aliphatic heterocycles. The van der Waals surface area contributed by atoms with Crippen molar-refractivity contribution < 1.29 is 14.4 Å². The second kappa shape index (κ2) is 9.17. The van der Waals surface area contributed by atoms with Crippen molar-refractivity contribution in [2.45, 2.75) is 25.7 Å². The van der Waals surface area contributed by atoms with Crippen LogP contribution in [0.1, 0.15) is 40.4 Å². The minimum Gasteiger partial charge on any atom is -0.396 e. The molecule has 3 aromatic rings. The summed E-state index contributed by atoms with van der Waals surface area (Å²) in [5.41, 5.74) is 2.71. The van der Waals surface area contributed by atoms with Gasteiger partial charge in [-0.15, -0.1) is 0 Å². The van der Waals surface area contributed by atoms with Crippen LogP contribution in [0.2, 0.25) is 5.02 Å². The standard InChI is InChI=1S/C20H21ClN2O3S/c1-13-18(19(23-26-13)16-4-2-3-5-17(16)21)20(25)22-9-6-14(7-10-24)15-8-11-27-12-15/h2-5,8,11-12,14,24H,6-7,9-10H2,1H3,(H,22,25)/t14-/m0/s1. The molecule has 0 aliphatic carbocycles. The molecule has 0 fully saturated rings. The van der Waals surface area contributed by atoms with E-state index >= 15 is 0 Å². The number of aryl methyl sites for hydroxylation is 1. The van der Waals surface area contributed by atoms with Crippen LogP contribution in [-0.4, -0.2) is 29.3 Å². The smallest absolute Gasteiger partial charge is 0.257 e. The number of aliphatic hydroxyl groups excluding tert-OH is 1. The largest absolute Gasteiger partial charge is 0.396 e. The Morgan fingerprint density at radius 3 is 2.85 bits per heavy atom. The second-order valence-corrected chi connectivity index (χ2v) is 7.44. The van der Waals surface area contributed by atoms with Gasteiger partial charge in [-0.3, -0.25) is 4.79 Å². The van der Waals surface area contributed by atoms with Gasteiger partial charge in [0.15, 0.2) is 0 Å². The number of halogens is 1. The van der Waals surface area contributed by atoms with Crippen LogP contribution in [0, 0.1) is 6.92 Å². The highest BCUT2D eigenvalue weighted by Gasteiger charge is 2.23. The molecule has 0 saturated carbocycles. The lowest BCUT2D eigenvalue weighted by molar-refractivity contribution is 0.0951. The highest BCUT2D eigenvalue weighted by Crippen LogP contribution is 2.31. The van der Waals surface area contributed by atoms with Crippen molar-refractivity contribution in [3.63, 3.8) is 0 Å². The Hall–Kier alpha value is -2.15. The quantitative estimate of drug-likeness (QED) is 0.573. The zero-order chi connectivity index (χ0) is 19.2. The molecule has 1 amide bonds. The van der Waals surface area contributed by atoms with Crippen molar-refractivity contribution in [1.82, 2.24) is 10.5 Å². The number of carbonyl (C=O) groups excluding carboxylic acids is 1. The van der Waals surface area contributed by atoms with Crippen LogP contribution in [0.15, 0.2) is 45.6 Å². The molecule has 0 spiro atoms. The molecule has 0 radical (unpaired) electrons. The van der Waals surface area contributed by atoms with E-state index in [2.05, 4.69) is 21.9 Å². The lowest BCUT2D eigenvalue weighted by atomic mass is 9.95. The normalized spacial score (nSPS) is 12.1. The van der Waals surface area contributed by atoms with Gasteiger partial charge in [-0.2, -0.15) is 11.3 Å². The summed E-state index contributed by atoms with van der Waals surface area (Å²) in [5.74, 6) is 0.428. The van der Waals surface area contributed by atoms with Crippen molar-refractivity contribution in [3.05, 3.63) is 63.0 Å². The van der Waals surface area contributed by atoms with Gasteiger partial charge < -0.3 is 14.9 Å². The molecule has 0 unspecified atom stereocenters. The molecular formula is C20H21ClN2O3S. The maximum Gasteiger partial charge on any atom is 0.257 e. The third-order valence-corrected chi connectivity index (χ3v) is 5.52. The predicted octanol–water partition coefficient (Wildman–Crippen LogP) is 4.65. The summed E-state index contributed by atoms with van der Waals surface area (Å²) in [6, 6.07) is 9.29. The molecule has 2 N–H and O–H groups in total. The second-order valence-electron chi connectivity index (χ2n) is 6.25. The SMILES string of the molecule is Cc1onc(-c2ccccc2Cl)c1C(=O)NCC[C@@H](CCO)c1ccsc1. The monoisotopic (exact) mass is 404 g/mol. The van der Waals surface area contributed by atoms with E-state index in [1.807, 2.05) is 23.6 Å². The fourth-order valence-electron chi connectivity index (χ4n) is 3.07. The molecule has 0 bridgehead atoms. The lowest BCUT2D eigenvalue weighted by Gasteiger charge is -2.15. The Bertz CT molecular complexity index is 893. The average molecular weight is 405 g/mol. The molecule has 5 nitrogen and oxygen atoms in total. The molecule has 0 saturated heterocycles. The van der Waals surface area contributed by atoms with Crippen molar-refractivity contribution in [2.75, 3.05) is 13.2 Å². The van der Waals surface area contributed by atoms with E-state index in [9.17, 15) is 9.90 Å². The van der Waals surface area contributed by atoms with E-state index in [1.54, 1.807) is 24.3 Å². The summed E-state index contributed by atoms with van der Waals surface area (Å²) >= 11 is 7.88. The van der Waals surface area contributed by atoms with Gasteiger partial charge in [-0.05, 0) is 54.1 Å². The van der Waals surface area contributed by atoms with E-state index in [-0.39, 0.29) is 18.4 Å². The van der Waals surface area contributed by atoms with Crippen LogP contribution >= 0.6 is 22.9 Å². The molecule has 3 rings (SSSR count). The molecule has 142 valence electrons. The van der Waals surface area contributed by atoms with Gasteiger partial charge in [0.25, 0.3) is 5.91 Å². The number of hydrogen-bond donors (Lipinski definition) is 2. The van der Waals surface area contributed by atoms with Gasteiger partial charge in [-0.1, -0.05) is 35.0 Å². The van der Waals surface area contributed by atoms with Gasteiger partial charge >= 0.3 is 0 Å². The highest BCUT2D eigenvalue weighted by molar-refractivity contribution is 7.08. The Balaban J connectivity index is 1.70. The number of nitrogens with zero attached hydrogens (tertiary/aromatic N) is 1. The van der Waals surface area contributed by atoms with Gasteiger partial charge in [0.2, 0.25) is 0 Å². The van der Waals surface area contributed by atoms with Crippen LogP contribution in [0.4, 0.5) is 0 Å². The molecule has 7 heteroatoms. The summed E-state index contributed by atoms with van der Waals surface area (Å²) in [5, 5.41) is 20.9. The number of hydrogen-bond acceptors (Lipinski definition) is 5. The maximum absolute atomic E-state index is 12.8. The van der Waals surface area contributed by atoms with Crippen LogP contribution < -0.4 is 5.32 Å². The number of nitrogens with one attached hydrogen (secondary N) is 1. The zero-order valence-corrected chi connectivity index (χ0v) is 16.5. The average Bonchev–Trinajstić information content (AvgIpc) is 3.31. The van der Waals surface area contributed by atoms with Crippen molar-refractivity contribution in [2.24, 2.45) is 0 Å². The van der Waals surface area contributed by atoms with Crippen molar-refractivity contribution in [3.8, 4) is 11.3 Å². The molecule has 1 aromatic carbocycles. The summed E-state index contributed by atoms with van der Waals surface area (Å²) in [6.45, 7) is 2.32. The van der Waals surface area contributed by atoms with E-state index < -0.39 is 0 Å². The minimum atomic E-state index is -0.239. The number of aliphatic hydroxyl groups is 1. The Labute approximate surface area is 167 Å². The molecule has 2 aromatic heterocycles. The Morgan fingerprint density at radius 1 is 1.33 bits per heavy atom. The molecule has 1 atom stereocenters. The first-order chi connectivity index (χ1) is 13.1. The van der Waals surface area contributed by atoms with Crippen molar-refractivity contribution in [1.29, 1.82) is 0 Å². The van der Waals surface area contributed by atoms with Gasteiger partial charge in [-0.25, -0.2) is 0 Å². The van der Waals surface area contributed by atoms with Gasteiger partial charge in [0.05, 0.1) is 5.02 Å². The Morgan fingerprint density at radius 2 is 2.15 bits per heavy atom. The lowest BCUT2D eigenvalue weighted by Crippen LogP contribution is -2.26. The highest BCUT2D eigenvalue weighted by atomic mass is 35.5. The number of carbonyl (C=O) groups is 1. The van der Waals surface area contributed by atoms with Crippen LogP contribution in [0.3, 0.4) is 0 Å². The third-order valence-electron chi connectivity index (χ3n) is 4.49. The molecular weight excluding hydrogens is 384 g/mol. The molecule has 0 aliphatic rings. The maximum atomic E-state index is 12.8. The van der Waals surface area contributed by atoms with Gasteiger partial charge in [0.1, 0.15) is 17.0 Å². The van der Waals surface area contributed by atoms with Gasteiger partial charge in [0, 0.05) is 18.7 Å². The van der Waals surface area contributed by atoms with Crippen LogP contribution in [0.25, 0.3) is 11.3 Å². The molecule has 27 heavy (non-hydrogen) atoms. The van der Waals surface area contributed by atoms with E-state index in [0.717, 1.165) is 6.42 Å². The zero-order valence-electron chi connectivity index (χ0n) is 14.9. The van der Waals surface area contributed by atoms with E-state index in [0.29, 0.717) is 40.6 Å². The van der Waals surface area contributed by atoms with E-state index in [1.165, 1.54) is 5.56 Å². The van der Waals surface area contributed by atoms with Crippen LogP contribution in [0.5, 0.6) is 0 Å². The first-order valence-electron chi connectivity index (χ1n) is 8.74. The number of rotatable bonds is 8. The summed E-state index contributed by atoms with van der Waals surface area (Å²) < 4.78 is 5.25. The summed E-state index contributed by atoms with van der Waals surface area (Å²) in [6.07, 6.45) is 1.42. The summed E-state index contributed by atoms with van der Waals surface area (Å²) in [7, 11) is 0. The van der Waals surface area contributed by atoms with Crippen LogP contribution in [-0.2, 0) is 0 Å². The fraction of sp³-hybridized carbons (Fsp3) is 0.300. The predicted molar refractivity (Wildman–Crippen MR) is 107 cm³/mol. The summed E-state index contributed by atoms with van der Waals surface area (Å²) in [4.78, 5) is 12.8. The third kappa shape index (κ3) is 4.58. The first-order valence-corrected chi connectivity index (χ1v) is 10.1. The fourth-order valence-corrected chi connectivity index (χ4v) is 4.03.